The summed E-state index contributed by atoms with van der Waals surface area (Å²) in [4.78, 5) is 0. The van der Waals surface area contributed by atoms with Crippen LogP contribution < -0.4 is 0 Å². The zero-order valence-corrected chi connectivity index (χ0v) is 13.4. The summed E-state index contributed by atoms with van der Waals surface area (Å²) in [6.07, 6.45) is 8.82. The number of hydrogen-bond donors (Lipinski definition) is 0. The minimum atomic E-state index is -1.42. The van der Waals surface area contributed by atoms with Crippen LogP contribution in [0.25, 0.3) is 0 Å². The molecular formula is C14H32OSi. The summed E-state index contributed by atoms with van der Waals surface area (Å²) in [5.41, 5.74) is 0.198. The Balaban J connectivity index is 4.62. The zero-order chi connectivity index (χ0) is 12.7. The van der Waals surface area contributed by atoms with Gasteiger partial charge < -0.3 is 4.43 Å². The molecule has 0 rings (SSSR count). The summed E-state index contributed by atoms with van der Waals surface area (Å²) in [5.74, 6) is 0. The molecule has 0 aromatic heterocycles. The van der Waals surface area contributed by atoms with Crippen LogP contribution in [0.2, 0.25) is 19.6 Å². The average molecular weight is 244 g/mol. The van der Waals surface area contributed by atoms with E-state index in [9.17, 15) is 0 Å². The summed E-state index contributed by atoms with van der Waals surface area (Å²) in [5, 5.41) is 0. The predicted octanol–water partition coefficient (Wildman–Crippen LogP) is 5.37. The molecule has 0 aromatic rings. The van der Waals surface area contributed by atoms with E-state index in [1.807, 2.05) is 0 Å². The zero-order valence-electron chi connectivity index (χ0n) is 12.4. The molecule has 0 amide bonds. The molecule has 0 fully saturated rings. The van der Waals surface area contributed by atoms with Crippen molar-refractivity contribution in [3.63, 3.8) is 0 Å². The van der Waals surface area contributed by atoms with Gasteiger partial charge in [0.2, 0.25) is 0 Å². The molecule has 0 aromatic carbocycles. The van der Waals surface area contributed by atoms with Crippen LogP contribution in [0.15, 0.2) is 0 Å². The van der Waals surface area contributed by atoms with Crippen molar-refractivity contribution < 1.29 is 4.43 Å². The van der Waals surface area contributed by atoms with E-state index in [1.165, 1.54) is 44.9 Å². The molecule has 1 nitrogen and oxygen atoms in total. The largest absolute Gasteiger partial charge is 0.412 e. The standard InChI is InChI=1S/C14H32OSi/c1-7-10-13-14(11-8-2,12-9-3)15-16(4,5)6/h7-13H2,1-6H3. The minimum absolute atomic E-state index is 0.198. The second-order valence-electron chi connectivity index (χ2n) is 6.00. The first-order valence-corrected chi connectivity index (χ1v) is 10.5. The van der Waals surface area contributed by atoms with Crippen LogP contribution in [-0.4, -0.2) is 13.9 Å². The summed E-state index contributed by atoms with van der Waals surface area (Å²) < 4.78 is 6.55. The Morgan fingerprint density at radius 2 is 1.31 bits per heavy atom. The second kappa shape index (κ2) is 7.49. The molecule has 0 heterocycles. The van der Waals surface area contributed by atoms with E-state index in [4.69, 9.17) is 4.43 Å². The van der Waals surface area contributed by atoms with Gasteiger partial charge in [0.15, 0.2) is 8.32 Å². The van der Waals surface area contributed by atoms with Gasteiger partial charge in [0.1, 0.15) is 0 Å². The third-order valence-electron chi connectivity index (χ3n) is 2.92. The monoisotopic (exact) mass is 244 g/mol. The lowest BCUT2D eigenvalue weighted by Crippen LogP contribution is -2.42. The highest BCUT2D eigenvalue weighted by atomic mass is 28.4. The molecule has 0 saturated carbocycles. The molecule has 0 bridgehead atoms. The van der Waals surface area contributed by atoms with Gasteiger partial charge in [-0.2, -0.15) is 0 Å². The lowest BCUT2D eigenvalue weighted by molar-refractivity contribution is 0.0298. The minimum Gasteiger partial charge on any atom is -0.412 e. The maximum Gasteiger partial charge on any atom is 0.184 e. The lowest BCUT2D eigenvalue weighted by Gasteiger charge is -2.39. The van der Waals surface area contributed by atoms with Crippen LogP contribution in [0, 0.1) is 0 Å². The van der Waals surface area contributed by atoms with Crippen LogP contribution in [0.3, 0.4) is 0 Å². The second-order valence-corrected chi connectivity index (χ2v) is 10.4. The Morgan fingerprint density at radius 1 is 0.812 bits per heavy atom. The van der Waals surface area contributed by atoms with Gasteiger partial charge in [-0.05, 0) is 38.9 Å². The molecule has 0 saturated heterocycles. The van der Waals surface area contributed by atoms with Crippen LogP contribution in [-0.2, 0) is 4.43 Å². The first kappa shape index (κ1) is 16.2. The van der Waals surface area contributed by atoms with Crippen LogP contribution in [0.5, 0.6) is 0 Å². The van der Waals surface area contributed by atoms with Crippen molar-refractivity contribution in [1.82, 2.24) is 0 Å². The van der Waals surface area contributed by atoms with Crippen LogP contribution in [0.4, 0.5) is 0 Å². The fourth-order valence-electron chi connectivity index (χ4n) is 2.59. The first-order valence-electron chi connectivity index (χ1n) is 7.09. The van der Waals surface area contributed by atoms with E-state index in [0.717, 1.165) is 0 Å². The van der Waals surface area contributed by atoms with Gasteiger partial charge in [0.05, 0.1) is 5.60 Å². The molecule has 98 valence electrons. The molecule has 0 radical (unpaired) electrons. The fraction of sp³-hybridized carbons (Fsp3) is 1.00. The Hall–Kier alpha value is 0.177. The normalized spacial score (nSPS) is 13.1. The van der Waals surface area contributed by atoms with Crippen molar-refractivity contribution in [3.8, 4) is 0 Å². The molecule has 0 unspecified atom stereocenters. The molecule has 0 aliphatic rings. The van der Waals surface area contributed by atoms with Gasteiger partial charge in [0.25, 0.3) is 0 Å². The van der Waals surface area contributed by atoms with Crippen molar-refractivity contribution in [2.75, 3.05) is 0 Å². The average Bonchev–Trinajstić information content (AvgIpc) is 2.13. The highest BCUT2D eigenvalue weighted by Gasteiger charge is 2.33. The molecule has 0 N–H and O–H groups in total. The molecule has 0 aliphatic heterocycles. The van der Waals surface area contributed by atoms with Gasteiger partial charge in [-0.25, -0.2) is 0 Å². The lowest BCUT2D eigenvalue weighted by atomic mass is 9.87. The van der Waals surface area contributed by atoms with Gasteiger partial charge in [-0.15, -0.1) is 0 Å². The van der Waals surface area contributed by atoms with Gasteiger partial charge in [-0.1, -0.05) is 46.5 Å². The topological polar surface area (TPSA) is 9.23 Å². The maximum atomic E-state index is 6.55. The third kappa shape index (κ3) is 6.69. The van der Waals surface area contributed by atoms with Gasteiger partial charge in [-0.3, -0.25) is 0 Å². The maximum absolute atomic E-state index is 6.55. The van der Waals surface area contributed by atoms with Crippen molar-refractivity contribution in [3.05, 3.63) is 0 Å². The predicted molar refractivity (Wildman–Crippen MR) is 76.5 cm³/mol. The van der Waals surface area contributed by atoms with Crippen molar-refractivity contribution in [2.45, 2.75) is 91.0 Å². The van der Waals surface area contributed by atoms with Gasteiger partial charge >= 0.3 is 0 Å². The summed E-state index contributed by atoms with van der Waals surface area (Å²) in [6, 6.07) is 0. The summed E-state index contributed by atoms with van der Waals surface area (Å²) >= 11 is 0. The number of unbranched alkanes of at least 4 members (excludes halogenated alkanes) is 1. The highest BCUT2D eigenvalue weighted by Crippen LogP contribution is 2.33. The highest BCUT2D eigenvalue weighted by molar-refractivity contribution is 6.69. The molecule has 2 heteroatoms. The van der Waals surface area contributed by atoms with E-state index in [2.05, 4.69) is 40.4 Å². The Kier molecular flexibility index (Phi) is 7.58. The van der Waals surface area contributed by atoms with Gasteiger partial charge in [0, 0.05) is 0 Å². The Labute approximate surface area is 104 Å². The number of rotatable bonds is 9. The Bertz CT molecular complexity index is 166. The summed E-state index contributed by atoms with van der Waals surface area (Å²) in [6.45, 7) is 13.8. The smallest absolute Gasteiger partial charge is 0.184 e. The van der Waals surface area contributed by atoms with Crippen LogP contribution in [0.1, 0.15) is 65.7 Å². The van der Waals surface area contributed by atoms with Crippen molar-refractivity contribution in [1.29, 1.82) is 0 Å². The molecule has 16 heavy (non-hydrogen) atoms. The molecule has 0 aliphatic carbocycles. The van der Waals surface area contributed by atoms with E-state index >= 15 is 0 Å². The fourth-order valence-corrected chi connectivity index (χ4v) is 4.19. The van der Waals surface area contributed by atoms with Crippen LogP contribution >= 0.6 is 0 Å². The van der Waals surface area contributed by atoms with E-state index < -0.39 is 8.32 Å². The van der Waals surface area contributed by atoms with Crippen molar-refractivity contribution >= 4 is 8.32 Å². The first-order chi connectivity index (χ1) is 7.39. The summed E-state index contributed by atoms with van der Waals surface area (Å²) in [7, 11) is -1.42. The van der Waals surface area contributed by atoms with E-state index in [-0.39, 0.29) is 5.60 Å². The molecule has 0 atom stereocenters. The SMILES string of the molecule is CCCCC(CCC)(CCC)O[Si](C)(C)C. The quantitative estimate of drug-likeness (QED) is 0.496. The number of hydrogen-bond acceptors (Lipinski definition) is 1. The van der Waals surface area contributed by atoms with Crippen molar-refractivity contribution in [2.24, 2.45) is 0 Å². The molecule has 0 spiro atoms. The molecular weight excluding hydrogens is 212 g/mol. The van der Waals surface area contributed by atoms with E-state index in [1.54, 1.807) is 0 Å². The Morgan fingerprint density at radius 3 is 1.62 bits per heavy atom. The third-order valence-corrected chi connectivity index (χ3v) is 3.97. The van der Waals surface area contributed by atoms with E-state index in [0.29, 0.717) is 0 Å².